The lowest BCUT2D eigenvalue weighted by Crippen LogP contribution is -2.53. The van der Waals surface area contributed by atoms with Gasteiger partial charge in [0.05, 0.1) is 24.0 Å². The number of ether oxygens (including phenoxy) is 1. The van der Waals surface area contributed by atoms with E-state index in [-0.39, 0.29) is 22.8 Å². The number of nitrogens with zero attached hydrogens (tertiary/aromatic N) is 2. The van der Waals surface area contributed by atoms with Gasteiger partial charge in [-0.25, -0.2) is 8.42 Å². The molecule has 144 valence electrons. The molecule has 3 atom stereocenters. The van der Waals surface area contributed by atoms with E-state index in [1.165, 1.54) is 11.4 Å². The Morgan fingerprint density at radius 2 is 1.92 bits per heavy atom. The Morgan fingerprint density at radius 1 is 1.23 bits per heavy atom. The number of hydrogen-bond donors (Lipinski definition) is 1. The van der Waals surface area contributed by atoms with Crippen LogP contribution in [0.3, 0.4) is 0 Å². The number of sulfonamides is 1. The van der Waals surface area contributed by atoms with Crippen molar-refractivity contribution >= 4 is 31.9 Å². The smallest absolute Gasteiger partial charge is 0.308 e. The highest BCUT2D eigenvalue weighted by Crippen LogP contribution is 2.32. The Balaban J connectivity index is 1.63. The van der Waals surface area contributed by atoms with Crippen LogP contribution in [0, 0.1) is 5.92 Å². The minimum atomic E-state index is -3.53. The SMILES string of the molecule is COC(=O)[C@@H]1C[C@H](O)[C@@H](N2CCN(S(=O)(=O)c3cccc(Br)c3)CC2)C1. The molecule has 9 heteroatoms. The van der Waals surface area contributed by atoms with Crippen molar-refractivity contribution in [3.63, 3.8) is 0 Å². The molecule has 1 aliphatic carbocycles. The maximum absolute atomic E-state index is 12.8. The molecule has 26 heavy (non-hydrogen) atoms. The van der Waals surface area contributed by atoms with Crippen LogP contribution in [0.25, 0.3) is 0 Å². The number of hydrogen-bond acceptors (Lipinski definition) is 6. The monoisotopic (exact) mass is 446 g/mol. The topological polar surface area (TPSA) is 87.2 Å². The predicted octanol–water partition coefficient (Wildman–Crippen LogP) is 1.07. The molecular weight excluding hydrogens is 424 g/mol. The van der Waals surface area contributed by atoms with E-state index in [1.807, 2.05) is 0 Å². The lowest BCUT2D eigenvalue weighted by atomic mass is 10.1. The fourth-order valence-electron chi connectivity index (χ4n) is 3.80. The number of carbonyl (C=O) groups is 1. The summed E-state index contributed by atoms with van der Waals surface area (Å²) >= 11 is 3.31. The second-order valence-electron chi connectivity index (χ2n) is 6.72. The Labute approximate surface area is 162 Å². The summed E-state index contributed by atoms with van der Waals surface area (Å²) in [5, 5.41) is 10.3. The van der Waals surface area contributed by atoms with Crippen molar-refractivity contribution in [1.29, 1.82) is 0 Å². The molecule has 2 fully saturated rings. The molecule has 7 nitrogen and oxygen atoms in total. The lowest BCUT2D eigenvalue weighted by molar-refractivity contribution is -0.145. The largest absolute Gasteiger partial charge is 0.469 e. The fraction of sp³-hybridized carbons (Fsp3) is 0.588. The van der Waals surface area contributed by atoms with Crippen LogP contribution < -0.4 is 0 Å². The van der Waals surface area contributed by atoms with Crippen molar-refractivity contribution < 1.29 is 23.1 Å². The first-order valence-electron chi connectivity index (χ1n) is 8.58. The predicted molar refractivity (Wildman–Crippen MR) is 99.0 cm³/mol. The van der Waals surface area contributed by atoms with Crippen molar-refractivity contribution in [1.82, 2.24) is 9.21 Å². The second kappa shape index (κ2) is 7.93. The Morgan fingerprint density at radius 3 is 2.54 bits per heavy atom. The van der Waals surface area contributed by atoms with E-state index < -0.39 is 16.1 Å². The van der Waals surface area contributed by atoms with Gasteiger partial charge in [0.2, 0.25) is 10.0 Å². The van der Waals surface area contributed by atoms with Crippen LogP contribution in [0.1, 0.15) is 12.8 Å². The van der Waals surface area contributed by atoms with Crippen molar-refractivity contribution in [2.24, 2.45) is 5.92 Å². The molecule has 1 heterocycles. The zero-order valence-corrected chi connectivity index (χ0v) is 16.9. The average molecular weight is 447 g/mol. The number of aliphatic hydroxyl groups is 1. The zero-order valence-electron chi connectivity index (χ0n) is 14.5. The molecule has 0 bridgehead atoms. The van der Waals surface area contributed by atoms with Gasteiger partial charge in [-0.2, -0.15) is 4.31 Å². The molecule has 0 unspecified atom stereocenters. The molecule has 1 aromatic carbocycles. The first-order valence-corrected chi connectivity index (χ1v) is 10.8. The van der Waals surface area contributed by atoms with Crippen LogP contribution in [0.5, 0.6) is 0 Å². The maximum Gasteiger partial charge on any atom is 0.308 e. The van der Waals surface area contributed by atoms with Gasteiger partial charge < -0.3 is 9.84 Å². The Hall–Kier alpha value is -1.00. The maximum atomic E-state index is 12.8. The fourth-order valence-corrected chi connectivity index (χ4v) is 5.82. The van der Waals surface area contributed by atoms with Crippen molar-refractivity contribution in [2.45, 2.75) is 29.9 Å². The van der Waals surface area contributed by atoms with Crippen LogP contribution >= 0.6 is 15.9 Å². The van der Waals surface area contributed by atoms with Crippen LogP contribution in [0.4, 0.5) is 0 Å². The zero-order chi connectivity index (χ0) is 18.9. The summed E-state index contributed by atoms with van der Waals surface area (Å²) < 4.78 is 32.6. The lowest BCUT2D eigenvalue weighted by Gasteiger charge is -2.38. The summed E-state index contributed by atoms with van der Waals surface area (Å²) in [6.45, 7) is 1.79. The summed E-state index contributed by atoms with van der Waals surface area (Å²) in [5.74, 6) is -0.578. The van der Waals surface area contributed by atoms with E-state index in [2.05, 4.69) is 20.8 Å². The number of aliphatic hydroxyl groups excluding tert-OH is 1. The van der Waals surface area contributed by atoms with Crippen molar-refractivity contribution in [3.8, 4) is 0 Å². The van der Waals surface area contributed by atoms with Gasteiger partial charge >= 0.3 is 5.97 Å². The molecule has 2 aliphatic rings. The van der Waals surface area contributed by atoms with Gasteiger partial charge in [-0.15, -0.1) is 0 Å². The Bertz CT molecular complexity index is 764. The third kappa shape index (κ3) is 3.96. The summed E-state index contributed by atoms with van der Waals surface area (Å²) in [7, 11) is -2.18. The van der Waals surface area contributed by atoms with Gasteiger partial charge in [0, 0.05) is 36.7 Å². The summed E-state index contributed by atoms with van der Waals surface area (Å²) in [6.07, 6.45) is 0.354. The van der Waals surface area contributed by atoms with Gasteiger partial charge in [-0.05, 0) is 31.0 Å². The number of benzene rings is 1. The highest BCUT2D eigenvalue weighted by atomic mass is 79.9. The van der Waals surface area contributed by atoms with E-state index in [1.54, 1.807) is 24.3 Å². The van der Waals surface area contributed by atoms with Gasteiger partial charge in [-0.1, -0.05) is 22.0 Å². The average Bonchev–Trinajstić information content (AvgIpc) is 3.03. The molecule has 0 aromatic heterocycles. The number of rotatable bonds is 4. The van der Waals surface area contributed by atoms with E-state index in [4.69, 9.17) is 4.74 Å². The molecule has 0 radical (unpaired) electrons. The van der Waals surface area contributed by atoms with Crippen molar-refractivity contribution in [2.75, 3.05) is 33.3 Å². The van der Waals surface area contributed by atoms with E-state index in [0.717, 1.165) is 4.47 Å². The Kier molecular flexibility index (Phi) is 6.03. The number of esters is 1. The number of methoxy groups -OCH3 is 1. The number of carbonyl (C=O) groups excluding carboxylic acids is 1. The quantitative estimate of drug-likeness (QED) is 0.695. The van der Waals surface area contributed by atoms with Crippen LogP contribution in [-0.2, 0) is 19.6 Å². The standard InChI is InChI=1S/C17H23BrN2O5S/c1-25-17(22)12-9-15(16(21)10-12)19-5-7-20(8-6-19)26(23,24)14-4-2-3-13(18)11-14/h2-4,11-12,15-16,21H,5-10H2,1H3/t12-,15-,16-/m0/s1. The number of halogens is 1. The first-order chi connectivity index (χ1) is 12.3. The highest BCUT2D eigenvalue weighted by Gasteiger charge is 2.42. The van der Waals surface area contributed by atoms with Gasteiger partial charge in [0.25, 0.3) is 0 Å². The van der Waals surface area contributed by atoms with E-state index in [0.29, 0.717) is 39.0 Å². The minimum Gasteiger partial charge on any atom is -0.469 e. The molecule has 1 saturated heterocycles. The van der Waals surface area contributed by atoms with Crippen LogP contribution in [0.15, 0.2) is 33.6 Å². The molecule has 1 N–H and O–H groups in total. The van der Waals surface area contributed by atoms with Crippen LogP contribution in [0.2, 0.25) is 0 Å². The molecule has 3 rings (SSSR count). The summed E-state index contributed by atoms with van der Waals surface area (Å²) in [6, 6.07) is 6.55. The van der Waals surface area contributed by atoms with Crippen LogP contribution in [-0.4, -0.2) is 74.1 Å². The third-order valence-electron chi connectivity index (χ3n) is 5.21. The molecule has 0 amide bonds. The third-order valence-corrected chi connectivity index (χ3v) is 7.59. The van der Waals surface area contributed by atoms with Gasteiger partial charge in [0.1, 0.15) is 0 Å². The molecule has 0 spiro atoms. The summed E-state index contributed by atoms with van der Waals surface area (Å²) in [5.41, 5.74) is 0. The number of piperazine rings is 1. The molecule has 1 aliphatic heterocycles. The first kappa shape index (κ1) is 19.8. The van der Waals surface area contributed by atoms with E-state index >= 15 is 0 Å². The van der Waals surface area contributed by atoms with E-state index in [9.17, 15) is 18.3 Å². The van der Waals surface area contributed by atoms with Gasteiger partial charge in [0.15, 0.2) is 0 Å². The molecule has 1 aromatic rings. The molecule has 1 saturated carbocycles. The molecular formula is C17H23BrN2O5S. The second-order valence-corrected chi connectivity index (χ2v) is 9.58. The van der Waals surface area contributed by atoms with Crippen molar-refractivity contribution in [3.05, 3.63) is 28.7 Å². The summed E-state index contributed by atoms with van der Waals surface area (Å²) in [4.78, 5) is 14.1. The highest BCUT2D eigenvalue weighted by molar-refractivity contribution is 9.10. The normalized spacial score (nSPS) is 28.2. The minimum absolute atomic E-state index is 0.130. The van der Waals surface area contributed by atoms with Gasteiger partial charge in [-0.3, -0.25) is 9.69 Å².